The number of rotatable bonds is 3. The summed E-state index contributed by atoms with van der Waals surface area (Å²) in [4.78, 5) is 14.6. The summed E-state index contributed by atoms with van der Waals surface area (Å²) in [6, 6.07) is 3.57. The lowest BCUT2D eigenvalue weighted by Crippen LogP contribution is -2.14. The molecule has 5 heteroatoms. The molecule has 0 saturated carbocycles. The molecule has 0 radical (unpaired) electrons. The minimum atomic E-state index is -0.193. The number of methoxy groups -OCH3 is 1. The highest BCUT2D eigenvalue weighted by Gasteiger charge is 2.17. The van der Waals surface area contributed by atoms with E-state index in [1.165, 1.54) is 7.11 Å². The van der Waals surface area contributed by atoms with E-state index in [4.69, 9.17) is 22.1 Å². The quantitative estimate of drug-likeness (QED) is 0.804. The van der Waals surface area contributed by atoms with E-state index >= 15 is 0 Å². The Hall–Kier alpha value is -1.52. The Bertz CT molecular complexity index is 548. The smallest absolute Gasteiger partial charge is 0.180 e. The Morgan fingerprint density at radius 2 is 2.38 bits per heavy atom. The van der Waals surface area contributed by atoms with Crippen molar-refractivity contribution in [3.05, 3.63) is 28.9 Å². The van der Waals surface area contributed by atoms with Crippen molar-refractivity contribution in [1.29, 1.82) is 0 Å². The van der Waals surface area contributed by atoms with Crippen LogP contribution in [-0.4, -0.2) is 24.4 Å². The first-order chi connectivity index (χ1) is 7.69. The number of carbonyl (C=O) groups is 1. The standard InChI is InChI=1S/C11H11ClN2O2/c1-16-11-7(8(15)5-13)4-6-2-3-14-10(6)9(11)12/h2-4,14H,5,13H2,1H3. The molecule has 0 aliphatic rings. The van der Waals surface area contributed by atoms with Gasteiger partial charge in [-0.25, -0.2) is 0 Å². The Morgan fingerprint density at radius 3 is 3.00 bits per heavy atom. The van der Waals surface area contributed by atoms with Crippen molar-refractivity contribution in [2.24, 2.45) is 5.73 Å². The number of ketones is 1. The highest BCUT2D eigenvalue weighted by molar-refractivity contribution is 6.37. The molecule has 0 amide bonds. The lowest BCUT2D eigenvalue weighted by Gasteiger charge is -2.09. The second-order valence-electron chi connectivity index (χ2n) is 3.34. The van der Waals surface area contributed by atoms with E-state index < -0.39 is 0 Å². The van der Waals surface area contributed by atoms with Crippen molar-refractivity contribution in [3.8, 4) is 5.75 Å². The van der Waals surface area contributed by atoms with Crippen LogP contribution in [0.3, 0.4) is 0 Å². The van der Waals surface area contributed by atoms with Crippen molar-refractivity contribution in [2.75, 3.05) is 13.7 Å². The van der Waals surface area contributed by atoms with Crippen LogP contribution in [0.25, 0.3) is 10.9 Å². The molecule has 0 bridgehead atoms. The first kappa shape index (κ1) is 11.0. The molecule has 1 heterocycles. The first-order valence-corrected chi connectivity index (χ1v) is 5.13. The monoisotopic (exact) mass is 238 g/mol. The van der Waals surface area contributed by atoms with Crippen LogP contribution >= 0.6 is 11.6 Å². The summed E-state index contributed by atoms with van der Waals surface area (Å²) in [5.41, 5.74) is 6.52. The number of carbonyl (C=O) groups excluding carboxylic acids is 1. The topological polar surface area (TPSA) is 68.1 Å². The molecular weight excluding hydrogens is 228 g/mol. The molecule has 2 rings (SSSR count). The average molecular weight is 239 g/mol. The van der Waals surface area contributed by atoms with E-state index in [2.05, 4.69) is 4.98 Å². The summed E-state index contributed by atoms with van der Waals surface area (Å²) in [6.45, 7) is -0.0668. The van der Waals surface area contributed by atoms with E-state index in [9.17, 15) is 4.79 Å². The molecule has 84 valence electrons. The number of fused-ring (bicyclic) bond motifs is 1. The van der Waals surface area contributed by atoms with E-state index in [1.807, 2.05) is 6.07 Å². The number of nitrogens with one attached hydrogen (secondary N) is 1. The van der Waals surface area contributed by atoms with Crippen LogP contribution in [0.4, 0.5) is 0 Å². The van der Waals surface area contributed by atoms with Gasteiger partial charge in [0.05, 0.1) is 24.7 Å². The summed E-state index contributed by atoms with van der Waals surface area (Å²) in [7, 11) is 1.48. The largest absolute Gasteiger partial charge is 0.494 e. The lowest BCUT2D eigenvalue weighted by molar-refractivity contribution is 0.0998. The number of H-pyrrole nitrogens is 1. The van der Waals surface area contributed by atoms with Gasteiger partial charge in [0.1, 0.15) is 10.8 Å². The third kappa shape index (κ3) is 1.56. The first-order valence-electron chi connectivity index (χ1n) is 4.76. The Kier molecular flexibility index (Phi) is 2.85. The second-order valence-corrected chi connectivity index (χ2v) is 3.72. The van der Waals surface area contributed by atoms with Gasteiger partial charge in [0, 0.05) is 11.6 Å². The number of halogens is 1. The van der Waals surface area contributed by atoms with Gasteiger partial charge in [-0.2, -0.15) is 0 Å². The zero-order chi connectivity index (χ0) is 11.7. The zero-order valence-electron chi connectivity index (χ0n) is 8.71. The predicted octanol–water partition coefficient (Wildman–Crippen LogP) is 1.97. The molecule has 1 aromatic carbocycles. The van der Waals surface area contributed by atoms with Crippen LogP contribution in [-0.2, 0) is 0 Å². The maximum Gasteiger partial charge on any atom is 0.180 e. The number of nitrogens with two attached hydrogens (primary N) is 1. The predicted molar refractivity (Wildman–Crippen MR) is 63.2 cm³/mol. The minimum absolute atomic E-state index is 0.0668. The summed E-state index contributed by atoms with van der Waals surface area (Å²) in [5, 5.41) is 1.27. The summed E-state index contributed by atoms with van der Waals surface area (Å²) in [5.74, 6) is 0.175. The molecule has 0 atom stereocenters. The van der Waals surface area contributed by atoms with E-state index in [-0.39, 0.29) is 12.3 Å². The Labute approximate surface area is 97.3 Å². The van der Waals surface area contributed by atoms with Gasteiger partial charge < -0.3 is 15.5 Å². The maximum absolute atomic E-state index is 11.6. The fourth-order valence-electron chi connectivity index (χ4n) is 1.66. The molecule has 2 aromatic rings. The molecule has 0 saturated heterocycles. The van der Waals surface area contributed by atoms with Crippen LogP contribution in [0.15, 0.2) is 18.3 Å². The molecule has 0 spiro atoms. The van der Waals surface area contributed by atoms with Gasteiger partial charge >= 0.3 is 0 Å². The van der Waals surface area contributed by atoms with E-state index in [0.717, 1.165) is 10.9 Å². The van der Waals surface area contributed by atoms with E-state index in [0.29, 0.717) is 16.3 Å². The molecule has 0 unspecified atom stereocenters. The zero-order valence-corrected chi connectivity index (χ0v) is 9.47. The van der Waals surface area contributed by atoms with Crippen LogP contribution in [0, 0.1) is 0 Å². The number of ether oxygens (including phenoxy) is 1. The van der Waals surface area contributed by atoms with Gasteiger partial charge in [-0.15, -0.1) is 0 Å². The summed E-state index contributed by atoms with van der Waals surface area (Å²) >= 11 is 6.14. The number of aromatic nitrogens is 1. The molecule has 3 N–H and O–H groups in total. The third-order valence-corrected chi connectivity index (χ3v) is 2.79. The van der Waals surface area contributed by atoms with Crippen LogP contribution < -0.4 is 10.5 Å². The molecule has 0 aliphatic carbocycles. The number of hydrogen-bond donors (Lipinski definition) is 2. The highest BCUT2D eigenvalue weighted by atomic mass is 35.5. The van der Waals surface area contributed by atoms with Crippen LogP contribution in [0.5, 0.6) is 5.75 Å². The fourth-order valence-corrected chi connectivity index (χ4v) is 2.00. The number of Topliss-reactive ketones (excluding diaryl/α,β-unsaturated/α-hetero) is 1. The van der Waals surface area contributed by atoms with Crippen LogP contribution in [0.1, 0.15) is 10.4 Å². The lowest BCUT2D eigenvalue weighted by atomic mass is 10.1. The van der Waals surface area contributed by atoms with E-state index in [1.54, 1.807) is 12.3 Å². The highest BCUT2D eigenvalue weighted by Crippen LogP contribution is 2.35. The SMILES string of the molecule is COc1c(C(=O)CN)cc2cc[nH]c2c1Cl. The van der Waals surface area contributed by atoms with Crippen molar-refractivity contribution in [2.45, 2.75) is 0 Å². The molecular formula is C11H11ClN2O2. The Morgan fingerprint density at radius 1 is 1.62 bits per heavy atom. The van der Waals surface area contributed by atoms with Crippen molar-refractivity contribution in [3.63, 3.8) is 0 Å². The van der Waals surface area contributed by atoms with Gasteiger partial charge in [0.25, 0.3) is 0 Å². The molecule has 16 heavy (non-hydrogen) atoms. The van der Waals surface area contributed by atoms with Gasteiger partial charge in [-0.3, -0.25) is 4.79 Å². The summed E-state index contributed by atoms with van der Waals surface area (Å²) < 4.78 is 5.15. The normalized spacial score (nSPS) is 10.7. The molecule has 0 fully saturated rings. The average Bonchev–Trinajstić information content (AvgIpc) is 2.76. The van der Waals surface area contributed by atoms with Crippen molar-refractivity contribution >= 4 is 28.3 Å². The molecule has 1 aromatic heterocycles. The van der Waals surface area contributed by atoms with Gasteiger partial charge in [0.2, 0.25) is 0 Å². The van der Waals surface area contributed by atoms with Gasteiger partial charge in [-0.1, -0.05) is 11.6 Å². The maximum atomic E-state index is 11.6. The molecule has 0 aliphatic heterocycles. The Balaban J connectivity index is 2.76. The van der Waals surface area contributed by atoms with Gasteiger partial charge in [0.15, 0.2) is 5.78 Å². The second kappa shape index (κ2) is 4.15. The van der Waals surface area contributed by atoms with Crippen molar-refractivity contribution in [1.82, 2.24) is 4.98 Å². The molecule has 4 nitrogen and oxygen atoms in total. The minimum Gasteiger partial charge on any atom is -0.494 e. The summed E-state index contributed by atoms with van der Waals surface area (Å²) in [6.07, 6.45) is 1.76. The van der Waals surface area contributed by atoms with Crippen LogP contribution in [0.2, 0.25) is 5.02 Å². The van der Waals surface area contributed by atoms with Crippen molar-refractivity contribution < 1.29 is 9.53 Å². The fraction of sp³-hybridized carbons (Fsp3) is 0.182. The number of hydrogen-bond acceptors (Lipinski definition) is 3. The number of aromatic amines is 1. The van der Waals surface area contributed by atoms with Gasteiger partial charge in [-0.05, 0) is 12.1 Å². The third-order valence-electron chi connectivity index (χ3n) is 2.43. The number of benzene rings is 1.